The third-order valence-electron chi connectivity index (χ3n) is 3.81. The van der Waals surface area contributed by atoms with Gasteiger partial charge in [-0.2, -0.15) is 0 Å². The van der Waals surface area contributed by atoms with Crippen LogP contribution in [0.25, 0.3) is 0 Å². The van der Waals surface area contributed by atoms with Crippen LogP contribution in [0.5, 0.6) is 11.5 Å². The summed E-state index contributed by atoms with van der Waals surface area (Å²) in [5.74, 6) is 1.58. The molecule has 5 nitrogen and oxygen atoms in total. The van der Waals surface area contributed by atoms with Crippen molar-refractivity contribution in [3.8, 4) is 11.5 Å². The SMILES string of the molecule is CC(CN1CCCC1=O)NCc1cc(Cl)c2c(c1)OCO2. The number of nitrogens with one attached hydrogen (secondary N) is 1. The van der Waals surface area contributed by atoms with E-state index in [2.05, 4.69) is 12.2 Å². The topological polar surface area (TPSA) is 50.8 Å². The molecule has 0 saturated carbocycles. The lowest BCUT2D eigenvalue weighted by molar-refractivity contribution is -0.127. The number of ether oxygens (including phenoxy) is 2. The molecular weight excluding hydrogens is 292 g/mol. The van der Waals surface area contributed by atoms with Gasteiger partial charge in [0.2, 0.25) is 12.7 Å². The van der Waals surface area contributed by atoms with Gasteiger partial charge in [0.1, 0.15) is 0 Å². The highest BCUT2D eigenvalue weighted by Gasteiger charge is 2.22. The largest absolute Gasteiger partial charge is 0.454 e. The van der Waals surface area contributed by atoms with E-state index < -0.39 is 0 Å². The Hall–Kier alpha value is -1.46. The van der Waals surface area contributed by atoms with Crippen molar-refractivity contribution in [1.82, 2.24) is 10.2 Å². The molecule has 1 atom stereocenters. The van der Waals surface area contributed by atoms with Crippen LogP contribution in [0.4, 0.5) is 0 Å². The molecule has 0 aliphatic carbocycles. The normalized spacial score (nSPS) is 18.4. The van der Waals surface area contributed by atoms with Gasteiger partial charge in [-0.25, -0.2) is 0 Å². The van der Waals surface area contributed by atoms with E-state index in [1.54, 1.807) is 0 Å². The fraction of sp³-hybridized carbons (Fsp3) is 0.533. The Kier molecular flexibility index (Phi) is 4.22. The third-order valence-corrected chi connectivity index (χ3v) is 4.09. The quantitative estimate of drug-likeness (QED) is 0.905. The van der Waals surface area contributed by atoms with Crippen LogP contribution in [0.2, 0.25) is 5.02 Å². The molecule has 1 aromatic carbocycles. The number of hydrogen-bond donors (Lipinski definition) is 1. The van der Waals surface area contributed by atoms with Crippen LogP contribution in [-0.2, 0) is 11.3 Å². The molecular formula is C15H19ClN2O3. The Balaban J connectivity index is 1.55. The molecule has 1 unspecified atom stereocenters. The summed E-state index contributed by atoms with van der Waals surface area (Å²) in [6, 6.07) is 4.06. The fourth-order valence-corrected chi connectivity index (χ4v) is 2.99. The Morgan fingerprint density at radius 2 is 2.29 bits per heavy atom. The Morgan fingerprint density at radius 3 is 3.05 bits per heavy atom. The number of rotatable bonds is 5. The molecule has 0 spiro atoms. The number of fused-ring (bicyclic) bond motifs is 1. The Labute approximate surface area is 129 Å². The zero-order valence-electron chi connectivity index (χ0n) is 12.0. The summed E-state index contributed by atoms with van der Waals surface area (Å²) in [7, 11) is 0. The predicted molar refractivity (Wildman–Crippen MR) is 79.7 cm³/mol. The van der Waals surface area contributed by atoms with E-state index in [1.165, 1.54) is 0 Å². The number of carbonyl (C=O) groups is 1. The summed E-state index contributed by atoms with van der Waals surface area (Å²) in [6.07, 6.45) is 1.66. The molecule has 3 rings (SSSR count). The molecule has 1 fully saturated rings. The molecule has 2 aliphatic heterocycles. The first-order valence-electron chi connectivity index (χ1n) is 7.22. The monoisotopic (exact) mass is 310 g/mol. The first-order valence-corrected chi connectivity index (χ1v) is 7.60. The van der Waals surface area contributed by atoms with Gasteiger partial charge in [0.25, 0.3) is 0 Å². The van der Waals surface area contributed by atoms with Gasteiger partial charge in [-0.15, -0.1) is 0 Å². The molecule has 21 heavy (non-hydrogen) atoms. The van der Waals surface area contributed by atoms with Gasteiger partial charge in [0, 0.05) is 32.1 Å². The van der Waals surface area contributed by atoms with E-state index >= 15 is 0 Å². The number of halogens is 1. The van der Waals surface area contributed by atoms with Gasteiger partial charge in [0.05, 0.1) is 5.02 Å². The standard InChI is InChI=1S/C15H19ClN2O3/c1-10(8-18-4-2-3-14(18)19)17-7-11-5-12(16)15-13(6-11)20-9-21-15/h5-6,10,17H,2-4,7-9H2,1H3. The number of carbonyl (C=O) groups excluding carboxylic acids is 1. The highest BCUT2D eigenvalue weighted by molar-refractivity contribution is 6.32. The van der Waals surface area contributed by atoms with E-state index in [1.807, 2.05) is 17.0 Å². The summed E-state index contributed by atoms with van der Waals surface area (Å²) in [5, 5.41) is 3.99. The summed E-state index contributed by atoms with van der Waals surface area (Å²) < 4.78 is 10.7. The van der Waals surface area contributed by atoms with Crippen molar-refractivity contribution in [3.05, 3.63) is 22.7 Å². The zero-order valence-corrected chi connectivity index (χ0v) is 12.8. The minimum Gasteiger partial charge on any atom is -0.454 e. The summed E-state index contributed by atoms with van der Waals surface area (Å²) >= 11 is 6.16. The maximum Gasteiger partial charge on any atom is 0.231 e. The first-order chi connectivity index (χ1) is 10.1. The van der Waals surface area contributed by atoms with Crippen molar-refractivity contribution in [1.29, 1.82) is 0 Å². The van der Waals surface area contributed by atoms with E-state index in [0.717, 1.165) is 25.1 Å². The second kappa shape index (κ2) is 6.12. The summed E-state index contributed by atoms with van der Waals surface area (Å²) in [5.41, 5.74) is 1.05. The van der Waals surface area contributed by atoms with Crippen molar-refractivity contribution in [3.63, 3.8) is 0 Å². The summed E-state index contributed by atoms with van der Waals surface area (Å²) in [6.45, 7) is 4.61. The second-order valence-electron chi connectivity index (χ2n) is 5.54. The molecule has 1 N–H and O–H groups in total. The van der Waals surface area contributed by atoms with Crippen molar-refractivity contribution in [2.24, 2.45) is 0 Å². The number of likely N-dealkylation sites (tertiary alicyclic amines) is 1. The third kappa shape index (κ3) is 3.24. The van der Waals surface area contributed by atoms with Gasteiger partial charge in [-0.1, -0.05) is 11.6 Å². The molecule has 2 heterocycles. The predicted octanol–water partition coefficient (Wildman–Crippen LogP) is 2.17. The van der Waals surface area contributed by atoms with E-state index in [-0.39, 0.29) is 18.7 Å². The average Bonchev–Trinajstić information content (AvgIpc) is 3.06. The lowest BCUT2D eigenvalue weighted by Gasteiger charge is -2.21. The zero-order chi connectivity index (χ0) is 14.8. The molecule has 1 saturated heterocycles. The van der Waals surface area contributed by atoms with E-state index in [4.69, 9.17) is 21.1 Å². The summed E-state index contributed by atoms with van der Waals surface area (Å²) in [4.78, 5) is 13.5. The van der Waals surface area contributed by atoms with Crippen molar-refractivity contribution in [2.75, 3.05) is 19.9 Å². The smallest absolute Gasteiger partial charge is 0.231 e. The van der Waals surface area contributed by atoms with Crippen LogP contribution in [-0.4, -0.2) is 36.7 Å². The second-order valence-corrected chi connectivity index (χ2v) is 5.94. The van der Waals surface area contributed by atoms with Crippen LogP contribution in [0.3, 0.4) is 0 Å². The number of benzene rings is 1. The fourth-order valence-electron chi connectivity index (χ4n) is 2.71. The van der Waals surface area contributed by atoms with Crippen molar-refractivity contribution in [2.45, 2.75) is 32.4 Å². The number of amides is 1. The van der Waals surface area contributed by atoms with Crippen molar-refractivity contribution < 1.29 is 14.3 Å². The lowest BCUT2D eigenvalue weighted by atomic mass is 10.2. The molecule has 2 aliphatic rings. The maximum absolute atomic E-state index is 11.6. The van der Waals surface area contributed by atoms with Gasteiger partial charge < -0.3 is 19.7 Å². The molecule has 6 heteroatoms. The van der Waals surface area contributed by atoms with Gasteiger partial charge in [-0.3, -0.25) is 4.79 Å². The van der Waals surface area contributed by atoms with E-state index in [9.17, 15) is 4.79 Å². The number of nitrogens with zero attached hydrogens (tertiary/aromatic N) is 1. The molecule has 0 radical (unpaired) electrons. The molecule has 0 aromatic heterocycles. The Morgan fingerprint density at radius 1 is 1.43 bits per heavy atom. The first kappa shape index (κ1) is 14.5. The highest BCUT2D eigenvalue weighted by Crippen LogP contribution is 2.39. The minimum atomic E-state index is 0.222. The molecule has 114 valence electrons. The van der Waals surface area contributed by atoms with Gasteiger partial charge in [-0.05, 0) is 31.0 Å². The molecule has 0 bridgehead atoms. The van der Waals surface area contributed by atoms with Crippen LogP contribution in [0.1, 0.15) is 25.3 Å². The van der Waals surface area contributed by atoms with Crippen molar-refractivity contribution >= 4 is 17.5 Å². The van der Waals surface area contributed by atoms with Crippen LogP contribution < -0.4 is 14.8 Å². The average molecular weight is 311 g/mol. The number of hydrogen-bond acceptors (Lipinski definition) is 4. The maximum atomic E-state index is 11.6. The molecule has 1 aromatic rings. The van der Waals surface area contributed by atoms with Gasteiger partial charge in [0.15, 0.2) is 11.5 Å². The van der Waals surface area contributed by atoms with Crippen LogP contribution in [0.15, 0.2) is 12.1 Å². The Bertz CT molecular complexity index is 550. The van der Waals surface area contributed by atoms with Gasteiger partial charge >= 0.3 is 0 Å². The van der Waals surface area contributed by atoms with Crippen LogP contribution in [0, 0.1) is 0 Å². The highest BCUT2D eigenvalue weighted by atomic mass is 35.5. The van der Waals surface area contributed by atoms with Crippen LogP contribution >= 0.6 is 11.6 Å². The molecule has 1 amide bonds. The van der Waals surface area contributed by atoms with E-state index in [0.29, 0.717) is 29.5 Å². The lowest BCUT2D eigenvalue weighted by Crippen LogP contribution is -2.39. The minimum absolute atomic E-state index is 0.222.